The van der Waals surface area contributed by atoms with Crippen LogP contribution in [0.1, 0.15) is 43.9 Å². The highest BCUT2D eigenvalue weighted by Gasteiger charge is 2.07. The Morgan fingerprint density at radius 1 is 1.00 bits per heavy atom. The van der Waals surface area contributed by atoms with Crippen molar-refractivity contribution in [2.24, 2.45) is 0 Å². The van der Waals surface area contributed by atoms with Crippen LogP contribution in [0.2, 0.25) is 0 Å². The van der Waals surface area contributed by atoms with Crippen molar-refractivity contribution < 1.29 is 5.11 Å². The molecule has 114 valence electrons. The Labute approximate surface area is 133 Å². The van der Waals surface area contributed by atoms with Gasteiger partial charge < -0.3 is 5.11 Å². The smallest absolute Gasteiger partial charge is 0.0833 e. The molecule has 0 saturated heterocycles. The van der Waals surface area contributed by atoms with Gasteiger partial charge in [0.2, 0.25) is 0 Å². The molecule has 0 bridgehead atoms. The molecule has 2 rings (SSSR count). The van der Waals surface area contributed by atoms with Crippen LogP contribution in [-0.2, 0) is 6.42 Å². The normalized spacial score (nSPS) is 11.6. The second-order valence-electron chi connectivity index (χ2n) is 5.66. The van der Waals surface area contributed by atoms with Crippen LogP contribution >= 0.6 is 0 Å². The molecule has 2 aromatic rings. The van der Waals surface area contributed by atoms with Crippen molar-refractivity contribution in [1.82, 2.24) is 0 Å². The predicted molar refractivity (Wildman–Crippen MR) is 92.7 cm³/mol. The first-order valence-electron chi connectivity index (χ1n) is 7.90. The zero-order chi connectivity index (χ0) is 15.8. The average molecular weight is 292 g/mol. The summed E-state index contributed by atoms with van der Waals surface area (Å²) in [6.07, 6.45) is 2.08. The van der Waals surface area contributed by atoms with Gasteiger partial charge in [-0.1, -0.05) is 67.6 Å². The molecule has 0 radical (unpaired) electrons. The fraction of sp³-hybridized carbons (Fsp3) is 0.286. The van der Waals surface area contributed by atoms with Gasteiger partial charge in [0, 0.05) is 12.8 Å². The number of rotatable bonds is 6. The monoisotopic (exact) mass is 292 g/mol. The minimum atomic E-state index is -0.455. The van der Waals surface area contributed by atoms with Gasteiger partial charge in [-0.25, -0.2) is 0 Å². The highest BCUT2D eigenvalue weighted by atomic mass is 16.3. The second kappa shape index (κ2) is 8.38. The van der Waals surface area contributed by atoms with Gasteiger partial charge >= 0.3 is 0 Å². The van der Waals surface area contributed by atoms with E-state index in [9.17, 15) is 5.11 Å². The third kappa shape index (κ3) is 5.04. The molecular weight excluding hydrogens is 268 g/mol. The minimum absolute atomic E-state index is 0.455. The Morgan fingerprint density at radius 3 is 2.18 bits per heavy atom. The third-order valence-corrected chi connectivity index (χ3v) is 3.76. The average Bonchev–Trinajstić information content (AvgIpc) is 2.56. The van der Waals surface area contributed by atoms with Gasteiger partial charge in [-0.15, -0.1) is 5.73 Å². The van der Waals surface area contributed by atoms with E-state index in [1.54, 1.807) is 0 Å². The Balaban J connectivity index is 2.10. The topological polar surface area (TPSA) is 20.2 Å². The fourth-order valence-electron chi connectivity index (χ4n) is 2.54. The van der Waals surface area contributed by atoms with Crippen LogP contribution in [0.5, 0.6) is 0 Å². The molecule has 1 N–H and O–H groups in total. The van der Waals surface area contributed by atoms with E-state index >= 15 is 0 Å². The van der Waals surface area contributed by atoms with Crippen LogP contribution in [0.4, 0.5) is 0 Å². The molecule has 0 aromatic heterocycles. The quantitative estimate of drug-likeness (QED) is 0.722. The lowest BCUT2D eigenvalue weighted by molar-refractivity contribution is 0.178. The van der Waals surface area contributed by atoms with Gasteiger partial charge in [0.1, 0.15) is 0 Å². The lowest BCUT2D eigenvalue weighted by Crippen LogP contribution is -1.97. The molecule has 0 heterocycles. The lowest BCUT2D eigenvalue weighted by atomic mass is 10.00. The molecule has 0 fully saturated rings. The highest BCUT2D eigenvalue weighted by Crippen LogP contribution is 2.21. The molecule has 1 atom stereocenters. The molecule has 0 spiro atoms. The Bertz CT molecular complexity index is 634. The second-order valence-corrected chi connectivity index (χ2v) is 5.66. The van der Waals surface area contributed by atoms with Gasteiger partial charge in [-0.3, -0.25) is 0 Å². The largest absolute Gasteiger partial charge is 0.388 e. The van der Waals surface area contributed by atoms with Crippen LogP contribution < -0.4 is 0 Å². The Kier molecular flexibility index (Phi) is 6.21. The van der Waals surface area contributed by atoms with Gasteiger partial charge in [0.15, 0.2) is 0 Å². The van der Waals surface area contributed by atoms with Crippen LogP contribution in [0.25, 0.3) is 0 Å². The summed E-state index contributed by atoms with van der Waals surface area (Å²) in [5.74, 6) is 0. The molecule has 0 saturated carbocycles. The molecule has 1 heteroatoms. The summed E-state index contributed by atoms with van der Waals surface area (Å²) >= 11 is 0. The maximum atomic E-state index is 10.3. The number of hydrogen-bond donors (Lipinski definition) is 1. The maximum Gasteiger partial charge on any atom is 0.0833 e. The van der Waals surface area contributed by atoms with Crippen molar-refractivity contribution in [3.8, 4) is 0 Å². The molecule has 0 amide bonds. The SMILES string of the molecule is CCC(=C=C(C)CC(O)c1ccccc1)Cc1ccccc1. The van der Waals surface area contributed by atoms with E-state index in [2.05, 4.69) is 36.9 Å². The molecule has 22 heavy (non-hydrogen) atoms. The van der Waals surface area contributed by atoms with E-state index < -0.39 is 6.10 Å². The first-order chi connectivity index (χ1) is 10.7. The van der Waals surface area contributed by atoms with E-state index in [1.807, 2.05) is 43.3 Å². The van der Waals surface area contributed by atoms with Crippen molar-refractivity contribution in [3.63, 3.8) is 0 Å². The summed E-state index contributed by atoms with van der Waals surface area (Å²) in [5, 5.41) is 10.3. The van der Waals surface area contributed by atoms with Crippen LogP contribution in [0.3, 0.4) is 0 Å². The van der Waals surface area contributed by atoms with Crippen molar-refractivity contribution in [1.29, 1.82) is 0 Å². The Hall–Kier alpha value is -2.08. The number of hydrogen-bond acceptors (Lipinski definition) is 1. The molecule has 0 aliphatic rings. The number of aliphatic hydroxyl groups excluding tert-OH is 1. The molecule has 0 aliphatic carbocycles. The zero-order valence-electron chi connectivity index (χ0n) is 13.4. The van der Waals surface area contributed by atoms with Crippen LogP contribution in [-0.4, -0.2) is 5.11 Å². The van der Waals surface area contributed by atoms with E-state index in [4.69, 9.17) is 0 Å². The molecular formula is C21H24O. The van der Waals surface area contributed by atoms with Gasteiger partial charge in [-0.05, 0) is 35.6 Å². The van der Waals surface area contributed by atoms with E-state index in [0.717, 1.165) is 24.0 Å². The van der Waals surface area contributed by atoms with E-state index in [-0.39, 0.29) is 0 Å². The fourth-order valence-corrected chi connectivity index (χ4v) is 2.54. The van der Waals surface area contributed by atoms with Gasteiger partial charge in [0.05, 0.1) is 6.10 Å². The number of aliphatic hydroxyl groups is 1. The lowest BCUT2D eigenvalue weighted by Gasteiger charge is -2.10. The maximum absolute atomic E-state index is 10.3. The van der Waals surface area contributed by atoms with Crippen molar-refractivity contribution in [3.05, 3.63) is 88.7 Å². The molecule has 1 nitrogen and oxygen atoms in total. The summed E-state index contributed by atoms with van der Waals surface area (Å²) in [6, 6.07) is 20.3. The first kappa shape index (κ1) is 16.3. The summed E-state index contributed by atoms with van der Waals surface area (Å²) in [5.41, 5.74) is 8.14. The van der Waals surface area contributed by atoms with Gasteiger partial charge in [0.25, 0.3) is 0 Å². The Morgan fingerprint density at radius 2 is 1.59 bits per heavy atom. The van der Waals surface area contributed by atoms with Crippen molar-refractivity contribution in [2.45, 2.75) is 39.2 Å². The third-order valence-electron chi connectivity index (χ3n) is 3.76. The summed E-state index contributed by atoms with van der Waals surface area (Å²) in [6.45, 7) is 4.21. The van der Waals surface area contributed by atoms with E-state index in [1.165, 1.54) is 11.1 Å². The zero-order valence-corrected chi connectivity index (χ0v) is 13.4. The molecule has 2 aromatic carbocycles. The van der Waals surface area contributed by atoms with Crippen molar-refractivity contribution >= 4 is 0 Å². The molecule has 0 aliphatic heterocycles. The predicted octanol–water partition coefficient (Wildman–Crippen LogP) is 5.23. The van der Waals surface area contributed by atoms with Crippen LogP contribution in [0, 0.1) is 0 Å². The summed E-state index contributed by atoms with van der Waals surface area (Å²) in [4.78, 5) is 0. The van der Waals surface area contributed by atoms with Crippen LogP contribution in [0.15, 0.2) is 77.5 Å². The van der Waals surface area contributed by atoms with E-state index in [0.29, 0.717) is 6.42 Å². The highest BCUT2D eigenvalue weighted by molar-refractivity contribution is 5.23. The first-order valence-corrected chi connectivity index (χ1v) is 7.90. The molecule has 1 unspecified atom stereocenters. The summed E-state index contributed by atoms with van der Waals surface area (Å²) in [7, 11) is 0. The van der Waals surface area contributed by atoms with Gasteiger partial charge in [-0.2, -0.15) is 0 Å². The van der Waals surface area contributed by atoms with Crippen molar-refractivity contribution in [2.75, 3.05) is 0 Å². The standard InChI is InChI=1S/C21H24O/c1-3-18(16-19-10-6-4-7-11-19)14-17(2)15-21(22)20-12-8-5-9-13-20/h4-13,21-22H,3,15-16H2,1-2H3. The summed E-state index contributed by atoms with van der Waals surface area (Å²) < 4.78 is 0. The minimum Gasteiger partial charge on any atom is -0.388 e. The number of benzene rings is 2.